The van der Waals surface area contributed by atoms with E-state index in [1.165, 1.54) is 48.5 Å². The molecule has 0 spiro atoms. The van der Waals surface area contributed by atoms with E-state index in [0.29, 0.717) is 23.9 Å². The fourth-order valence-electron chi connectivity index (χ4n) is 3.14. The number of sulfonamides is 1. The van der Waals surface area contributed by atoms with Crippen molar-refractivity contribution in [2.75, 3.05) is 4.72 Å². The number of hydrogen-bond acceptors (Lipinski definition) is 4. The van der Waals surface area contributed by atoms with Gasteiger partial charge in [-0.15, -0.1) is 0 Å². The minimum Gasteiger partial charge on any atom is -0.478 e. The monoisotopic (exact) mass is 547 g/mol. The van der Waals surface area contributed by atoms with Crippen LogP contribution in [0.1, 0.15) is 16.7 Å². The van der Waals surface area contributed by atoms with Crippen molar-refractivity contribution in [1.29, 1.82) is 0 Å². The molecule has 0 aliphatic rings. The molecule has 3 aromatic carbocycles. The van der Waals surface area contributed by atoms with Crippen molar-refractivity contribution in [3.05, 3.63) is 89.5 Å². The molecule has 0 atom stereocenters. The average Bonchev–Trinajstić information content (AvgIpc) is 2.77. The SMILES string of the molecule is O=C(O)C=Cc1ccc(Sc2cccc(NS(=O)(=O)c3ccccc3)c2)c(C(F)(F)F)c1C(F)(F)F. The molecule has 3 rings (SSSR count). The number of halogens is 6. The Balaban J connectivity index is 2.05. The Labute approximate surface area is 205 Å². The topological polar surface area (TPSA) is 83.5 Å². The highest BCUT2D eigenvalue weighted by Gasteiger charge is 2.46. The zero-order chi connectivity index (χ0) is 26.7. The number of carbonyl (C=O) groups is 1. The molecule has 0 aromatic heterocycles. The van der Waals surface area contributed by atoms with E-state index in [1.54, 1.807) is 6.07 Å². The van der Waals surface area contributed by atoms with Crippen LogP contribution in [0, 0.1) is 0 Å². The van der Waals surface area contributed by atoms with Crippen molar-refractivity contribution in [2.45, 2.75) is 27.0 Å². The van der Waals surface area contributed by atoms with Crippen molar-refractivity contribution in [1.82, 2.24) is 0 Å². The standard InChI is InChI=1S/C23H15F6NO4S2/c24-22(25,26)20-14(10-12-19(31)32)9-11-18(21(20)23(27,28)29)35-16-6-4-5-15(13-16)30-36(33,34)17-7-2-1-3-8-17/h1-13,30H,(H,31,32). The van der Waals surface area contributed by atoms with Gasteiger partial charge in [0.2, 0.25) is 0 Å². The van der Waals surface area contributed by atoms with Crippen LogP contribution in [0.3, 0.4) is 0 Å². The molecule has 5 nitrogen and oxygen atoms in total. The number of nitrogens with one attached hydrogen (secondary N) is 1. The van der Waals surface area contributed by atoms with Crippen LogP contribution in [0.2, 0.25) is 0 Å². The maximum atomic E-state index is 13.9. The summed E-state index contributed by atoms with van der Waals surface area (Å²) in [5, 5.41) is 8.68. The van der Waals surface area contributed by atoms with Crippen LogP contribution in [0.4, 0.5) is 32.0 Å². The average molecular weight is 547 g/mol. The fraction of sp³-hybridized carbons (Fsp3) is 0.0870. The molecule has 0 unspecified atom stereocenters. The van der Waals surface area contributed by atoms with E-state index in [0.717, 1.165) is 12.1 Å². The van der Waals surface area contributed by atoms with Crippen LogP contribution in [0.25, 0.3) is 6.08 Å². The van der Waals surface area contributed by atoms with Gasteiger partial charge >= 0.3 is 18.3 Å². The molecule has 0 aliphatic heterocycles. The smallest absolute Gasteiger partial charge is 0.418 e. The fourth-order valence-corrected chi connectivity index (χ4v) is 5.25. The lowest BCUT2D eigenvalue weighted by atomic mass is 9.99. The molecule has 3 aromatic rings. The second-order valence-corrected chi connectivity index (χ2v) is 9.92. The first-order valence-electron chi connectivity index (χ1n) is 9.76. The first-order valence-corrected chi connectivity index (χ1v) is 12.1. The van der Waals surface area contributed by atoms with Crippen LogP contribution in [0.5, 0.6) is 0 Å². The molecular formula is C23H15F6NO4S2. The summed E-state index contributed by atoms with van der Waals surface area (Å²) < 4.78 is 110. The Morgan fingerprint density at radius 3 is 2.08 bits per heavy atom. The van der Waals surface area contributed by atoms with Gasteiger partial charge in [-0.1, -0.05) is 42.1 Å². The summed E-state index contributed by atoms with van der Waals surface area (Å²) in [5.74, 6) is -1.63. The molecule has 0 saturated heterocycles. The lowest BCUT2D eigenvalue weighted by molar-refractivity contribution is -0.163. The lowest BCUT2D eigenvalue weighted by Crippen LogP contribution is -2.19. The van der Waals surface area contributed by atoms with E-state index in [4.69, 9.17) is 5.11 Å². The molecule has 13 heteroatoms. The maximum absolute atomic E-state index is 13.9. The van der Waals surface area contributed by atoms with Gasteiger partial charge in [-0.25, -0.2) is 13.2 Å². The van der Waals surface area contributed by atoms with E-state index in [1.807, 2.05) is 0 Å². The molecule has 0 saturated carbocycles. The highest BCUT2D eigenvalue weighted by Crippen LogP contribution is 2.48. The molecule has 0 amide bonds. The summed E-state index contributed by atoms with van der Waals surface area (Å²) in [7, 11) is -4.02. The minimum atomic E-state index is -5.45. The van der Waals surface area contributed by atoms with E-state index < -0.39 is 49.9 Å². The van der Waals surface area contributed by atoms with Gasteiger partial charge in [0.1, 0.15) is 0 Å². The number of aliphatic carboxylic acids is 1. The second kappa shape index (κ2) is 10.3. The Morgan fingerprint density at radius 2 is 1.50 bits per heavy atom. The Bertz CT molecular complexity index is 1400. The van der Waals surface area contributed by atoms with E-state index in [-0.39, 0.29) is 15.5 Å². The van der Waals surface area contributed by atoms with Crippen LogP contribution in [0.15, 0.2) is 87.5 Å². The number of alkyl halides is 6. The predicted octanol–water partition coefficient (Wildman–Crippen LogP) is 6.77. The van der Waals surface area contributed by atoms with E-state index in [9.17, 15) is 39.6 Å². The molecule has 36 heavy (non-hydrogen) atoms. The lowest BCUT2D eigenvalue weighted by Gasteiger charge is -2.21. The largest absolute Gasteiger partial charge is 0.478 e. The quantitative estimate of drug-likeness (QED) is 0.252. The number of hydrogen-bond donors (Lipinski definition) is 2. The van der Waals surface area contributed by atoms with Crippen LogP contribution < -0.4 is 4.72 Å². The highest BCUT2D eigenvalue weighted by molar-refractivity contribution is 7.99. The van der Waals surface area contributed by atoms with Gasteiger partial charge in [-0.3, -0.25) is 4.72 Å². The molecule has 2 N–H and O–H groups in total. The van der Waals surface area contributed by atoms with Crippen LogP contribution in [-0.4, -0.2) is 19.5 Å². The van der Waals surface area contributed by atoms with Crippen molar-refractivity contribution in [2.24, 2.45) is 0 Å². The normalized spacial score (nSPS) is 12.6. The first kappa shape index (κ1) is 27.1. The number of carboxylic acids is 1. The molecule has 0 heterocycles. The maximum Gasteiger partial charge on any atom is 0.418 e. The summed E-state index contributed by atoms with van der Waals surface area (Å²) in [6, 6.07) is 13.9. The van der Waals surface area contributed by atoms with Crippen molar-refractivity contribution in [3.8, 4) is 0 Å². The van der Waals surface area contributed by atoms with Crippen molar-refractivity contribution >= 4 is 39.5 Å². The number of rotatable bonds is 7. The first-order chi connectivity index (χ1) is 16.7. The summed E-state index contributed by atoms with van der Waals surface area (Å²) in [6.07, 6.45) is -10.1. The third-order valence-electron chi connectivity index (χ3n) is 4.54. The van der Waals surface area contributed by atoms with Gasteiger partial charge in [0.15, 0.2) is 0 Å². The zero-order valence-electron chi connectivity index (χ0n) is 17.8. The molecule has 0 aliphatic carbocycles. The van der Waals surface area contributed by atoms with Gasteiger partial charge in [0.25, 0.3) is 10.0 Å². The highest BCUT2D eigenvalue weighted by atomic mass is 32.2. The summed E-state index contributed by atoms with van der Waals surface area (Å²) in [4.78, 5) is 9.86. The Kier molecular flexibility index (Phi) is 7.74. The third-order valence-corrected chi connectivity index (χ3v) is 6.99. The number of carboxylic acid groups (broad SMARTS) is 1. The van der Waals surface area contributed by atoms with Gasteiger partial charge in [-0.05, 0) is 48.0 Å². The molecular weight excluding hydrogens is 532 g/mol. The minimum absolute atomic E-state index is 0.0190. The van der Waals surface area contributed by atoms with Crippen molar-refractivity contribution < 1.29 is 44.7 Å². The molecule has 0 radical (unpaired) electrons. The van der Waals surface area contributed by atoms with Crippen molar-refractivity contribution in [3.63, 3.8) is 0 Å². The Morgan fingerprint density at radius 1 is 0.861 bits per heavy atom. The van der Waals surface area contributed by atoms with Gasteiger partial charge in [0.05, 0.1) is 16.0 Å². The third kappa shape index (κ3) is 6.61. The number of anilines is 1. The van der Waals surface area contributed by atoms with E-state index in [2.05, 4.69) is 4.72 Å². The summed E-state index contributed by atoms with van der Waals surface area (Å²) in [5.41, 5.74) is -5.00. The molecule has 0 bridgehead atoms. The molecule has 0 fully saturated rings. The van der Waals surface area contributed by atoms with Gasteiger partial charge < -0.3 is 5.11 Å². The van der Waals surface area contributed by atoms with E-state index >= 15 is 0 Å². The Hall–Kier alpha value is -3.45. The second-order valence-electron chi connectivity index (χ2n) is 7.12. The van der Waals surface area contributed by atoms with Gasteiger partial charge in [-0.2, -0.15) is 26.3 Å². The number of benzene rings is 3. The summed E-state index contributed by atoms with van der Waals surface area (Å²) in [6.45, 7) is 0. The van der Waals surface area contributed by atoms with Crippen LogP contribution >= 0.6 is 11.8 Å². The zero-order valence-corrected chi connectivity index (χ0v) is 19.4. The van der Waals surface area contributed by atoms with Crippen LogP contribution in [-0.2, 0) is 27.2 Å². The summed E-state index contributed by atoms with van der Waals surface area (Å²) >= 11 is 0.345. The molecule has 190 valence electrons. The predicted molar refractivity (Wildman–Crippen MR) is 121 cm³/mol. The van der Waals surface area contributed by atoms with Gasteiger partial charge in [0, 0.05) is 21.6 Å².